The molecule has 2 nitrogen and oxygen atoms in total. The Hall–Kier alpha value is -3.52. The number of para-hydroxylation sites is 1. The molecule has 0 saturated carbocycles. The zero-order valence-electron chi connectivity index (χ0n) is 15.6. The molecule has 5 aromatic rings. The lowest BCUT2D eigenvalue weighted by atomic mass is 9.80. The lowest BCUT2D eigenvalue weighted by Crippen LogP contribution is -2.12. The average molecular weight is 361 g/mol. The average Bonchev–Trinajstić information content (AvgIpc) is 3.05. The van der Waals surface area contributed by atoms with E-state index in [1.807, 2.05) is 0 Å². The van der Waals surface area contributed by atoms with Crippen molar-refractivity contribution in [2.24, 2.45) is 7.05 Å². The topological polar surface area (TPSA) is 14.2 Å². The normalized spacial score (nSPS) is 15.2. The number of rotatable bonds is 1. The zero-order valence-corrected chi connectivity index (χ0v) is 15.6. The van der Waals surface area contributed by atoms with Gasteiger partial charge in [-0.2, -0.15) is 0 Å². The molecule has 1 aliphatic heterocycles. The van der Waals surface area contributed by atoms with E-state index < -0.39 is 0 Å². The molecule has 6 rings (SSSR count). The summed E-state index contributed by atoms with van der Waals surface area (Å²) < 4.78 is 8.70. The molecule has 1 aromatic heterocycles. The third-order valence-electron chi connectivity index (χ3n) is 5.94. The van der Waals surface area contributed by atoms with E-state index in [-0.39, 0.29) is 5.92 Å². The number of aryl methyl sites for hydroxylation is 1. The summed E-state index contributed by atoms with van der Waals surface area (Å²) in [6, 6.07) is 32.3. The summed E-state index contributed by atoms with van der Waals surface area (Å²) in [6.07, 6.45) is 0. The highest BCUT2D eigenvalue weighted by Gasteiger charge is 2.34. The van der Waals surface area contributed by atoms with Crippen LogP contribution in [0.5, 0.6) is 11.6 Å². The highest BCUT2D eigenvalue weighted by molar-refractivity contribution is 5.94. The van der Waals surface area contributed by atoms with E-state index in [9.17, 15) is 0 Å². The standard InChI is InChI=1S/C26H19NO/c1-27-21-14-8-7-13-20(21)25-23(18-10-3-2-4-11-18)24-19-12-6-5-9-17(19)15-16-22(24)28-26(25)27/h2-16,23H,1H3. The Kier molecular flexibility index (Phi) is 3.18. The first-order chi connectivity index (χ1) is 13.8. The van der Waals surface area contributed by atoms with Crippen molar-refractivity contribution in [3.63, 3.8) is 0 Å². The minimum absolute atomic E-state index is 0.136. The lowest BCUT2D eigenvalue weighted by Gasteiger charge is -2.28. The first-order valence-corrected chi connectivity index (χ1v) is 9.64. The second-order valence-electron chi connectivity index (χ2n) is 7.44. The summed E-state index contributed by atoms with van der Waals surface area (Å²) in [4.78, 5) is 0. The minimum Gasteiger partial charge on any atom is -0.440 e. The van der Waals surface area contributed by atoms with E-state index >= 15 is 0 Å². The van der Waals surface area contributed by atoms with Crippen LogP contribution in [0, 0.1) is 0 Å². The second kappa shape index (κ2) is 5.74. The van der Waals surface area contributed by atoms with Crippen molar-refractivity contribution in [3.8, 4) is 11.6 Å². The maximum Gasteiger partial charge on any atom is 0.205 e. The van der Waals surface area contributed by atoms with Crippen LogP contribution >= 0.6 is 0 Å². The highest BCUT2D eigenvalue weighted by atomic mass is 16.5. The van der Waals surface area contributed by atoms with Crippen LogP contribution < -0.4 is 4.74 Å². The maximum atomic E-state index is 6.52. The molecule has 1 aliphatic rings. The van der Waals surface area contributed by atoms with Crippen molar-refractivity contribution in [3.05, 3.63) is 108 Å². The molecule has 0 aliphatic carbocycles. The van der Waals surface area contributed by atoms with E-state index in [1.165, 1.54) is 38.4 Å². The van der Waals surface area contributed by atoms with E-state index in [0.29, 0.717) is 0 Å². The number of hydrogen-bond donors (Lipinski definition) is 0. The van der Waals surface area contributed by atoms with Gasteiger partial charge in [0.05, 0.1) is 5.52 Å². The van der Waals surface area contributed by atoms with Gasteiger partial charge in [0.25, 0.3) is 0 Å². The Labute approximate surface area is 163 Å². The van der Waals surface area contributed by atoms with Crippen LogP contribution in [0.15, 0.2) is 91.0 Å². The largest absolute Gasteiger partial charge is 0.440 e. The second-order valence-corrected chi connectivity index (χ2v) is 7.44. The number of fused-ring (bicyclic) bond motifs is 6. The van der Waals surface area contributed by atoms with Gasteiger partial charge in [-0.25, -0.2) is 0 Å². The van der Waals surface area contributed by atoms with E-state index in [4.69, 9.17) is 4.74 Å². The van der Waals surface area contributed by atoms with Crippen molar-refractivity contribution in [2.45, 2.75) is 5.92 Å². The van der Waals surface area contributed by atoms with Crippen LogP contribution in [0.1, 0.15) is 22.6 Å². The van der Waals surface area contributed by atoms with Gasteiger partial charge >= 0.3 is 0 Å². The van der Waals surface area contributed by atoms with Crippen molar-refractivity contribution >= 4 is 21.7 Å². The predicted molar refractivity (Wildman–Crippen MR) is 114 cm³/mol. The Morgan fingerprint density at radius 2 is 1.39 bits per heavy atom. The summed E-state index contributed by atoms with van der Waals surface area (Å²) >= 11 is 0. The van der Waals surface area contributed by atoms with Crippen LogP contribution in [-0.2, 0) is 7.05 Å². The molecule has 0 saturated heterocycles. The summed E-state index contributed by atoms with van der Waals surface area (Å²) in [5.41, 5.74) is 5.01. The third-order valence-corrected chi connectivity index (χ3v) is 5.94. The molecule has 2 heterocycles. The summed E-state index contributed by atoms with van der Waals surface area (Å²) in [7, 11) is 2.09. The molecule has 0 N–H and O–H groups in total. The molecule has 2 heteroatoms. The molecule has 134 valence electrons. The molecule has 4 aromatic carbocycles. The van der Waals surface area contributed by atoms with Gasteiger partial charge in [-0.3, -0.25) is 0 Å². The van der Waals surface area contributed by atoms with Crippen molar-refractivity contribution in [1.82, 2.24) is 4.57 Å². The molecule has 0 radical (unpaired) electrons. The smallest absolute Gasteiger partial charge is 0.205 e. The fourth-order valence-electron chi connectivity index (χ4n) is 4.69. The molecule has 0 spiro atoms. The van der Waals surface area contributed by atoms with Gasteiger partial charge in [0.15, 0.2) is 0 Å². The SMILES string of the molecule is Cn1c2c(c3ccccc31)C(c1ccccc1)c1c(ccc3ccccc13)O2. The van der Waals surface area contributed by atoms with Crippen molar-refractivity contribution in [1.29, 1.82) is 0 Å². The molecule has 0 bridgehead atoms. The molecule has 0 fully saturated rings. The van der Waals surface area contributed by atoms with Gasteiger partial charge < -0.3 is 9.30 Å². The van der Waals surface area contributed by atoms with Crippen LogP contribution in [0.3, 0.4) is 0 Å². The Balaban J connectivity index is 1.78. The molecular weight excluding hydrogens is 342 g/mol. The molecule has 1 unspecified atom stereocenters. The zero-order chi connectivity index (χ0) is 18.7. The molecular formula is C26H19NO. The monoisotopic (exact) mass is 361 g/mol. The van der Waals surface area contributed by atoms with Crippen LogP contribution in [0.4, 0.5) is 0 Å². The van der Waals surface area contributed by atoms with Gasteiger partial charge in [-0.1, -0.05) is 78.9 Å². The van der Waals surface area contributed by atoms with Gasteiger partial charge in [0.2, 0.25) is 5.88 Å². The quantitative estimate of drug-likeness (QED) is 0.321. The van der Waals surface area contributed by atoms with E-state index in [2.05, 4.69) is 103 Å². The van der Waals surface area contributed by atoms with E-state index in [1.54, 1.807) is 0 Å². The predicted octanol–water partition coefficient (Wildman–Crippen LogP) is 6.62. The fourth-order valence-corrected chi connectivity index (χ4v) is 4.69. The Morgan fingerprint density at radius 3 is 2.25 bits per heavy atom. The summed E-state index contributed by atoms with van der Waals surface area (Å²) in [6.45, 7) is 0. The lowest BCUT2D eigenvalue weighted by molar-refractivity contribution is 0.422. The van der Waals surface area contributed by atoms with Crippen LogP contribution in [0.2, 0.25) is 0 Å². The van der Waals surface area contributed by atoms with Gasteiger partial charge in [-0.15, -0.1) is 0 Å². The number of hydrogen-bond acceptors (Lipinski definition) is 1. The van der Waals surface area contributed by atoms with Gasteiger partial charge in [0.1, 0.15) is 5.75 Å². The van der Waals surface area contributed by atoms with Crippen molar-refractivity contribution in [2.75, 3.05) is 0 Å². The number of benzene rings is 4. The fraction of sp³-hybridized carbons (Fsp3) is 0.0769. The van der Waals surface area contributed by atoms with Crippen LogP contribution in [0.25, 0.3) is 21.7 Å². The Bertz CT molecular complexity index is 1350. The first-order valence-electron chi connectivity index (χ1n) is 9.64. The summed E-state index contributed by atoms with van der Waals surface area (Å²) in [5, 5.41) is 3.76. The number of ether oxygens (including phenoxy) is 1. The molecule has 28 heavy (non-hydrogen) atoms. The van der Waals surface area contributed by atoms with Gasteiger partial charge in [0, 0.05) is 29.5 Å². The minimum atomic E-state index is 0.136. The summed E-state index contributed by atoms with van der Waals surface area (Å²) in [5.74, 6) is 2.03. The highest BCUT2D eigenvalue weighted by Crippen LogP contribution is 2.52. The van der Waals surface area contributed by atoms with Crippen molar-refractivity contribution < 1.29 is 4.74 Å². The van der Waals surface area contributed by atoms with Gasteiger partial charge in [-0.05, 0) is 28.5 Å². The maximum absolute atomic E-state index is 6.52. The first kappa shape index (κ1) is 15.5. The number of aromatic nitrogens is 1. The number of nitrogens with zero attached hydrogens (tertiary/aromatic N) is 1. The molecule has 1 atom stereocenters. The van der Waals surface area contributed by atoms with Crippen LogP contribution in [-0.4, -0.2) is 4.57 Å². The third kappa shape index (κ3) is 2.03. The molecule has 0 amide bonds. The Morgan fingerprint density at radius 1 is 0.679 bits per heavy atom. The van der Waals surface area contributed by atoms with E-state index in [0.717, 1.165) is 11.6 Å².